The highest BCUT2D eigenvalue weighted by molar-refractivity contribution is 5.55. The molecule has 106 valence electrons. The van der Waals surface area contributed by atoms with Gasteiger partial charge in [0.05, 0.1) is 19.4 Å². The maximum absolute atomic E-state index is 10.4. The highest BCUT2D eigenvalue weighted by Gasteiger charge is 2.12. The summed E-state index contributed by atoms with van der Waals surface area (Å²) in [6, 6.07) is 12.6. The number of anilines is 1. The first-order valence-electron chi connectivity index (χ1n) is 6.50. The maximum atomic E-state index is 10.4. The lowest BCUT2D eigenvalue weighted by molar-refractivity contribution is 0.220. The molecule has 0 aliphatic heterocycles. The number of rotatable bonds is 5. The number of methoxy groups -OCH3 is 1. The van der Waals surface area contributed by atoms with E-state index >= 15 is 0 Å². The third-order valence-corrected chi connectivity index (χ3v) is 3.08. The molecule has 0 amide bonds. The van der Waals surface area contributed by atoms with Crippen LogP contribution in [0, 0.1) is 0 Å². The topological polar surface area (TPSA) is 64.7 Å². The molecule has 0 radical (unpaired) electrons. The SMILES string of the molecule is CCOc1ccc([C@H](O)c2ccc(OC)c(N)c2)cc1. The van der Waals surface area contributed by atoms with Gasteiger partial charge in [0, 0.05) is 0 Å². The van der Waals surface area contributed by atoms with Crippen molar-refractivity contribution in [2.24, 2.45) is 0 Å². The van der Waals surface area contributed by atoms with E-state index in [0.717, 1.165) is 16.9 Å². The second-order valence-corrected chi connectivity index (χ2v) is 4.41. The lowest BCUT2D eigenvalue weighted by atomic mass is 10.0. The van der Waals surface area contributed by atoms with Crippen LogP contribution in [0.1, 0.15) is 24.2 Å². The van der Waals surface area contributed by atoms with E-state index in [-0.39, 0.29) is 0 Å². The van der Waals surface area contributed by atoms with E-state index in [4.69, 9.17) is 15.2 Å². The number of ether oxygens (including phenoxy) is 2. The fourth-order valence-corrected chi connectivity index (χ4v) is 2.03. The summed E-state index contributed by atoms with van der Waals surface area (Å²) in [6.45, 7) is 2.56. The standard InChI is InChI=1S/C16H19NO3/c1-3-20-13-7-4-11(5-8-13)16(18)12-6-9-15(19-2)14(17)10-12/h4-10,16,18H,3,17H2,1-2H3/t16-/m0/s1. The number of nitrogen functional groups attached to an aromatic ring is 1. The van der Waals surface area contributed by atoms with Crippen LogP contribution in [0.2, 0.25) is 0 Å². The molecule has 2 rings (SSSR count). The fourth-order valence-electron chi connectivity index (χ4n) is 2.03. The zero-order chi connectivity index (χ0) is 14.5. The van der Waals surface area contributed by atoms with Gasteiger partial charge in [0.15, 0.2) is 0 Å². The van der Waals surface area contributed by atoms with Crippen molar-refractivity contribution in [1.82, 2.24) is 0 Å². The zero-order valence-corrected chi connectivity index (χ0v) is 11.7. The van der Waals surface area contributed by atoms with E-state index in [1.54, 1.807) is 25.3 Å². The van der Waals surface area contributed by atoms with E-state index in [2.05, 4.69) is 0 Å². The van der Waals surface area contributed by atoms with Gasteiger partial charge in [-0.2, -0.15) is 0 Å². The molecule has 0 saturated carbocycles. The summed E-state index contributed by atoms with van der Waals surface area (Å²) in [4.78, 5) is 0. The molecule has 4 heteroatoms. The fraction of sp³-hybridized carbons (Fsp3) is 0.250. The lowest BCUT2D eigenvalue weighted by Crippen LogP contribution is -2.02. The van der Waals surface area contributed by atoms with Crippen molar-refractivity contribution in [3.05, 3.63) is 53.6 Å². The molecule has 0 aromatic heterocycles. The zero-order valence-electron chi connectivity index (χ0n) is 11.7. The van der Waals surface area contributed by atoms with Crippen molar-refractivity contribution in [2.45, 2.75) is 13.0 Å². The molecule has 0 unspecified atom stereocenters. The van der Waals surface area contributed by atoms with Gasteiger partial charge < -0.3 is 20.3 Å². The van der Waals surface area contributed by atoms with Crippen LogP contribution in [0.5, 0.6) is 11.5 Å². The minimum absolute atomic E-state index is 0.509. The second-order valence-electron chi connectivity index (χ2n) is 4.41. The van der Waals surface area contributed by atoms with E-state index in [1.807, 2.05) is 31.2 Å². The van der Waals surface area contributed by atoms with Gasteiger partial charge in [-0.3, -0.25) is 0 Å². The van der Waals surface area contributed by atoms with Crippen LogP contribution in [-0.4, -0.2) is 18.8 Å². The van der Waals surface area contributed by atoms with Crippen molar-refractivity contribution in [1.29, 1.82) is 0 Å². The summed E-state index contributed by atoms with van der Waals surface area (Å²) in [6.07, 6.45) is -0.723. The second kappa shape index (κ2) is 6.30. The molecule has 3 N–H and O–H groups in total. The summed E-state index contributed by atoms with van der Waals surface area (Å²) in [7, 11) is 1.56. The number of benzene rings is 2. The van der Waals surface area contributed by atoms with Gasteiger partial charge in [-0.05, 0) is 42.3 Å². The van der Waals surface area contributed by atoms with Crippen molar-refractivity contribution < 1.29 is 14.6 Å². The maximum Gasteiger partial charge on any atom is 0.141 e. The Morgan fingerprint density at radius 2 is 1.75 bits per heavy atom. The van der Waals surface area contributed by atoms with E-state index in [9.17, 15) is 5.11 Å². The summed E-state index contributed by atoms with van der Waals surface area (Å²) in [5.41, 5.74) is 7.88. The average Bonchev–Trinajstić information content (AvgIpc) is 2.47. The number of aliphatic hydroxyl groups is 1. The normalized spacial score (nSPS) is 11.9. The van der Waals surface area contributed by atoms with Crippen LogP contribution in [0.3, 0.4) is 0 Å². The first-order chi connectivity index (χ1) is 9.65. The number of nitrogens with two attached hydrogens (primary N) is 1. The molecule has 0 aliphatic rings. The molecule has 0 aliphatic carbocycles. The van der Waals surface area contributed by atoms with Crippen LogP contribution in [0.15, 0.2) is 42.5 Å². The van der Waals surface area contributed by atoms with E-state index in [0.29, 0.717) is 18.0 Å². The molecular formula is C16H19NO3. The van der Waals surface area contributed by atoms with Gasteiger partial charge in [-0.15, -0.1) is 0 Å². The molecule has 0 fully saturated rings. The third kappa shape index (κ3) is 3.03. The van der Waals surface area contributed by atoms with Gasteiger partial charge in [0.25, 0.3) is 0 Å². The largest absolute Gasteiger partial charge is 0.495 e. The van der Waals surface area contributed by atoms with Crippen molar-refractivity contribution in [2.75, 3.05) is 19.5 Å². The molecule has 4 nitrogen and oxygen atoms in total. The van der Waals surface area contributed by atoms with Crippen molar-refractivity contribution in [3.8, 4) is 11.5 Å². The van der Waals surface area contributed by atoms with Crippen LogP contribution in [-0.2, 0) is 0 Å². The molecule has 2 aromatic rings. The Hall–Kier alpha value is -2.20. The predicted octanol–water partition coefficient (Wildman–Crippen LogP) is 2.76. The molecular weight excluding hydrogens is 254 g/mol. The smallest absolute Gasteiger partial charge is 0.141 e. The lowest BCUT2D eigenvalue weighted by Gasteiger charge is -2.14. The van der Waals surface area contributed by atoms with Crippen LogP contribution < -0.4 is 15.2 Å². The Morgan fingerprint density at radius 3 is 2.30 bits per heavy atom. The third-order valence-electron chi connectivity index (χ3n) is 3.08. The highest BCUT2D eigenvalue weighted by Crippen LogP contribution is 2.29. The Kier molecular flexibility index (Phi) is 4.48. The summed E-state index contributed by atoms with van der Waals surface area (Å²) < 4.78 is 10.5. The molecule has 2 aromatic carbocycles. The molecule has 0 saturated heterocycles. The van der Waals surface area contributed by atoms with Crippen LogP contribution in [0.4, 0.5) is 5.69 Å². The molecule has 20 heavy (non-hydrogen) atoms. The molecule has 0 bridgehead atoms. The Balaban J connectivity index is 2.21. The monoisotopic (exact) mass is 273 g/mol. The highest BCUT2D eigenvalue weighted by atomic mass is 16.5. The molecule has 0 spiro atoms. The van der Waals surface area contributed by atoms with Gasteiger partial charge >= 0.3 is 0 Å². The minimum Gasteiger partial charge on any atom is -0.495 e. The minimum atomic E-state index is -0.723. The first kappa shape index (κ1) is 14.2. The molecule has 0 heterocycles. The Labute approximate surface area is 118 Å². The number of aliphatic hydroxyl groups excluding tert-OH is 1. The van der Waals surface area contributed by atoms with Crippen molar-refractivity contribution >= 4 is 5.69 Å². The Bertz CT molecular complexity index is 566. The first-order valence-corrected chi connectivity index (χ1v) is 6.50. The molecule has 1 atom stereocenters. The summed E-state index contributed by atoms with van der Waals surface area (Å²) in [5, 5.41) is 10.4. The van der Waals surface area contributed by atoms with Crippen molar-refractivity contribution in [3.63, 3.8) is 0 Å². The quantitative estimate of drug-likeness (QED) is 0.822. The average molecular weight is 273 g/mol. The number of hydrogen-bond donors (Lipinski definition) is 2. The van der Waals surface area contributed by atoms with Gasteiger partial charge in [-0.1, -0.05) is 18.2 Å². The number of hydrogen-bond acceptors (Lipinski definition) is 4. The van der Waals surface area contributed by atoms with E-state index in [1.165, 1.54) is 0 Å². The summed E-state index contributed by atoms with van der Waals surface area (Å²) >= 11 is 0. The van der Waals surface area contributed by atoms with Crippen LogP contribution >= 0.6 is 0 Å². The summed E-state index contributed by atoms with van der Waals surface area (Å²) in [5.74, 6) is 1.39. The van der Waals surface area contributed by atoms with Gasteiger partial charge in [0.1, 0.15) is 17.6 Å². The van der Waals surface area contributed by atoms with Crippen LogP contribution in [0.25, 0.3) is 0 Å². The van der Waals surface area contributed by atoms with Gasteiger partial charge in [-0.25, -0.2) is 0 Å². The predicted molar refractivity (Wildman–Crippen MR) is 79.1 cm³/mol. The van der Waals surface area contributed by atoms with Gasteiger partial charge in [0.2, 0.25) is 0 Å². The van der Waals surface area contributed by atoms with E-state index < -0.39 is 6.10 Å². The Morgan fingerprint density at radius 1 is 1.10 bits per heavy atom.